The van der Waals surface area contributed by atoms with Gasteiger partial charge >= 0.3 is 0 Å². The van der Waals surface area contributed by atoms with E-state index in [0.29, 0.717) is 18.4 Å². The van der Waals surface area contributed by atoms with E-state index in [4.69, 9.17) is 9.15 Å². The van der Waals surface area contributed by atoms with Crippen molar-refractivity contribution in [1.29, 1.82) is 0 Å². The normalized spacial score (nSPS) is 11.0. The van der Waals surface area contributed by atoms with Gasteiger partial charge in [-0.3, -0.25) is 0 Å². The number of hydrogen-bond donors (Lipinski definition) is 0. The first kappa shape index (κ1) is 14.1. The fourth-order valence-corrected chi connectivity index (χ4v) is 2.01. The van der Waals surface area contributed by atoms with E-state index in [-0.39, 0.29) is 0 Å². The maximum Gasteiger partial charge on any atom is 0.248 e. The highest BCUT2D eigenvalue weighted by Crippen LogP contribution is 2.21. The Labute approximate surface area is 129 Å². The molecule has 3 aromatic rings. The molecule has 3 rings (SSSR count). The zero-order valence-corrected chi connectivity index (χ0v) is 12.3. The van der Waals surface area contributed by atoms with Gasteiger partial charge < -0.3 is 9.15 Å². The predicted molar refractivity (Wildman–Crippen MR) is 86.3 cm³/mol. The molecule has 0 spiro atoms. The minimum absolute atomic E-state index is 0.479. The summed E-state index contributed by atoms with van der Waals surface area (Å²) in [6.07, 6.45) is 3.75. The van der Waals surface area contributed by atoms with Crippen molar-refractivity contribution in [3.8, 4) is 17.2 Å². The van der Waals surface area contributed by atoms with Crippen molar-refractivity contribution in [2.75, 3.05) is 6.61 Å². The Morgan fingerprint density at radius 2 is 1.73 bits per heavy atom. The van der Waals surface area contributed by atoms with E-state index in [9.17, 15) is 0 Å². The van der Waals surface area contributed by atoms with Gasteiger partial charge in [0.1, 0.15) is 5.75 Å². The van der Waals surface area contributed by atoms with Crippen LogP contribution in [0.3, 0.4) is 0 Å². The van der Waals surface area contributed by atoms with E-state index >= 15 is 0 Å². The molecule has 1 heterocycles. The first-order valence-corrected chi connectivity index (χ1v) is 7.15. The van der Waals surface area contributed by atoms with Crippen molar-refractivity contribution in [1.82, 2.24) is 10.2 Å². The molecule has 1 aromatic heterocycles. The monoisotopic (exact) mass is 292 g/mol. The van der Waals surface area contributed by atoms with Gasteiger partial charge in [-0.2, -0.15) is 0 Å². The third kappa shape index (κ3) is 3.41. The molecule has 0 fully saturated rings. The highest BCUT2D eigenvalue weighted by molar-refractivity contribution is 5.66. The topological polar surface area (TPSA) is 48.2 Å². The predicted octanol–water partition coefficient (Wildman–Crippen LogP) is 4.31. The summed E-state index contributed by atoms with van der Waals surface area (Å²) in [6.45, 7) is 2.60. The summed E-state index contributed by atoms with van der Waals surface area (Å²) >= 11 is 0. The van der Waals surface area contributed by atoms with Gasteiger partial charge in [0.2, 0.25) is 11.8 Å². The molecule has 0 saturated carbocycles. The highest BCUT2D eigenvalue weighted by atomic mass is 16.5. The lowest BCUT2D eigenvalue weighted by Crippen LogP contribution is -1.90. The highest BCUT2D eigenvalue weighted by Gasteiger charge is 2.06. The van der Waals surface area contributed by atoms with Gasteiger partial charge in [-0.15, -0.1) is 10.2 Å². The molecule has 0 amide bonds. The Hall–Kier alpha value is -2.88. The molecular weight excluding hydrogens is 276 g/mol. The van der Waals surface area contributed by atoms with Crippen LogP contribution in [0.2, 0.25) is 0 Å². The third-order valence-electron chi connectivity index (χ3n) is 3.07. The molecule has 4 nitrogen and oxygen atoms in total. The summed E-state index contributed by atoms with van der Waals surface area (Å²) in [5.41, 5.74) is 1.96. The second-order valence-electron chi connectivity index (χ2n) is 4.65. The molecule has 22 heavy (non-hydrogen) atoms. The van der Waals surface area contributed by atoms with Crippen LogP contribution in [0.1, 0.15) is 18.4 Å². The number of nitrogens with zero attached hydrogens (tertiary/aromatic N) is 2. The lowest BCUT2D eigenvalue weighted by Gasteiger charge is -2.02. The molecule has 0 aliphatic rings. The van der Waals surface area contributed by atoms with Crippen molar-refractivity contribution in [3.63, 3.8) is 0 Å². The van der Waals surface area contributed by atoms with Crippen molar-refractivity contribution in [2.45, 2.75) is 6.92 Å². The number of ether oxygens (including phenoxy) is 1. The zero-order valence-electron chi connectivity index (χ0n) is 12.3. The fourth-order valence-electron chi connectivity index (χ4n) is 2.01. The Morgan fingerprint density at radius 3 is 2.45 bits per heavy atom. The molecule has 0 saturated heterocycles. The smallest absolute Gasteiger partial charge is 0.248 e. The largest absolute Gasteiger partial charge is 0.494 e. The third-order valence-corrected chi connectivity index (χ3v) is 3.07. The number of rotatable bonds is 5. The van der Waals surface area contributed by atoms with Crippen LogP contribution in [-0.2, 0) is 0 Å². The molecule has 2 aromatic carbocycles. The van der Waals surface area contributed by atoms with Gasteiger partial charge in [0.05, 0.1) is 6.61 Å². The number of benzene rings is 2. The Balaban J connectivity index is 1.74. The second-order valence-corrected chi connectivity index (χ2v) is 4.65. The van der Waals surface area contributed by atoms with E-state index < -0.39 is 0 Å². The van der Waals surface area contributed by atoms with Crippen LogP contribution >= 0.6 is 0 Å². The van der Waals surface area contributed by atoms with Crippen molar-refractivity contribution in [3.05, 3.63) is 66.1 Å². The molecule has 110 valence electrons. The minimum Gasteiger partial charge on any atom is -0.494 e. The SMILES string of the molecule is CCOc1ccc(-c2nnc(C=Cc3ccccc3)o2)cc1. The fraction of sp³-hybridized carbons (Fsp3) is 0.111. The van der Waals surface area contributed by atoms with E-state index in [1.165, 1.54) is 0 Å². The molecule has 0 atom stereocenters. The van der Waals surface area contributed by atoms with Gasteiger partial charge in [0.15, 0.2) is 0 Å². The Kier molecular flexibility index (Phi) is 4.30. The molecule has 0 bridgehead atoms. The second kappa shape index (κ2) is 6.72. The van der Waals surface area contributed by atoms with E-state index in [1.807, 2.05) is 67.6 Å². The quantitative estimate of drug-likeness (QED) is 0.703. The number of aromatic nitrogens is 2. The molecular formula is C18H16N2O2. The van der Waals surface area contributed by atoms with E-state index in [2.05, 4.69) is 10.2 Å². The van der Waals surface area contributed by atoms with Crippen LogP contribution in [0.15, 0.2) is 59.0 Å². The summed E-state index contributed by atoms with van der Waals surface area (Å²) in [6, 6.07) is 17.6. The van der Waals surface area contributed by atoms with Crippen molar-refractivity contribution < 1.29 is 9.15 Å². The summed E-state index contributed by atoms with van der Waals surface area (Å²) < 4.78 is 11.1. The van der Waals surface area contributed by atoms with Crippen LogP contribution < -0.4 is 4.74 Å². The van der Waals surface area contributed by atoms with Crippen LogP contribution in [0.5, 0.6) is 5.75 Å². The number of hydrogen-bond acceptors (Lipinski definition) is 4. The lowest BCUT2D eigenvalue weighted by atomic mass is 10.2. The molecule has 0 unspecified atom stereocenters. The average molecular weight is 292 g/mol. The van der Waals surface area contributed by atoms with Crippen LogP contribution in [0.4, 0.5) is 0 Å². The van der Waals surface area contributed by atoms with Crippen molar-refractivity contribution in [2.24, 2.45) is 0 Å². The van der Waals surface area contributed by atoms with Crippen molar-refractivity contribution >= 4 is 12.2 Å². The van der Waals surface area contributed by atoms with E-state index in [1.54, 1.807) is 6.08 Å². The summed E-state index contributed by atoms with van der Waals surface area (Å²) in [5.74, 6) is 1.80. The standard InChI is InChI=1S/C18H16N2O2/c1-2-21-16-11-9-15(10-12-16)18-20-19-17(22-18)13-8-14-6-4-3-5-7-14/h3-13H,2H2,1H3. The molecule has 0 aliphatic carbocycles. The maximum absolute atomic E-state index is 5.64. The van der Waals surface area contributed by atoms with Gasteiger partial charge in [-0.05, 0) is 42.8 Å². The van der Waals surface area contributed by atoms with Gasteiger partial charge in [0.25, 0.3) is 0 Å². The lowest BCUT2D eigenvalue weighted by molar-refractivity contribution is 0.340. The molecule has 0 aliphatic heterocycles. The van der Waals surface area contributed by atoms with Gasteiger partial charge in [0, 0.05) is 11.6 Å². The minimum atomic E-state index is 0.479. The average Bonchev–Trinajstić information content (AvgIpc) is 3.04. The Morgan fingerprint density at radius 1 is 0.955 bits per heavy atom. The summed E-state index contributed by atoms with van der Waals surface area (Å²) in [5, 5.41) is 8.10. The maximum atomic E-state index is 5.64. The van der Waals surface area contributed by atoms with Crippen LogP contribution in [0, 0.1) is 0 Å². The molecule has 4 heteroatoms. The van der Waals surface area contributed by atoms with Gasteiger partial charge in [-0.25, -0.2) is 0 Å². The summed E-state index contributed by atoms with van der Waals surface area (Å²) in [4.78, 5) is 0. The van der Waals surface area contributed by atoms with Crippen LogP contribution in [-0.4, -0.2) is 16.8 Å². The molecule has 0 radical (unpaired) electrons. The van der Waals surface area contributed by atoms with E-state index in [0.717, 1.165) is 16.9 Å². The van der Waals surface area contributed by atoms with Gasteiger partial charge in [-0.1, -0.05) is 30.3 Å². The first-order chi connectivity index (χ1) is 10.8. The van der Waals surface area contributed by atoms with Crippen LogP contribution in [0.25, 0.3) is 23.6 Å². The Bertz CT molecular complexity index is 746. The summed E-state index contributed by atoms with van der Waals surface area (Å²) in [7, 11) is 0. The first-order valence-electron chi connectivity index (χ1n) is 7.15. The zero-order chi connectivity index (χ0) is 15.2. The molecule has 0 N–H and O–H groups in total.